The zero-order chi connectivity index (χ0) is 26.5. The molecule has 0 bridgehead atoms. The van der Waals surface area contributed by atoms with Crippen LogP contribution in [0.25, 0.3) is 0 Å². The number of hydrogen-bond donors (Lipinski definition) is 2. The lowest BCUT2D eigenvalue weighted by Gasteiger charge is -2.72. The Hall–Kier alpha value is -0.420. The van der Waals surface area contributed by atoms with Crippen molar-refractivity contribution in [3.05, 3.63) is 11.6 Å². The van der Waals surface area contributed by atoms with E-state index < -0.39 is 11.5 Å². The van der Waals surface area contributed by atoms with E-state index in [1.807, 2.05) is 14.2 Å². The van der Waals surface area contributed by atoms with Crippen molar-refractivity contribution in [1.82, 2.24) is 0 Å². The van der Waals surface area contributed by atoms with Crippen molar-refractivity contribution in [3.63, 3.8) is 0 Å². The van der Waals surface area contributed by atoms with Crippen molar-refractivity contribution >= 4 is 0 Å². The number of ether oxygens (including phenoxy) is 2. The fourth-order valence-corrected chi connectivity index (χ4v) is 11.5. The van der Waals surface area contributed by atoms with Gasteiger partial charge >= 0.3 is 0 Å². The van der Waals surface area contributed by atoms with Crippen molar-refractivity contribution in [2.45, 2.75) is 118 Å². The van der Waals surface area contributed by atoms with Gasteiger partial charge in [0.25, 0.3) is 0 Å². The molecular weight excluding hydrogens is 448 g/mol. The quantitative estimate of drug-likeness (QED) is 0.439. The van der Waals surface area contributed by atoms with Crippen LogP contribution < -0.4 is 0 Å². The van der Waals surface area contributed by atoms with Gasteiger partial charge in [0.15, 0.2) is 0 Å². The number of hydrogen-bond acceptors (Lipinski definition) is 4. The molecule has 0 aliphatic heterocycles. The van der Waals surface area contributed by atoms with Crippen molar-refractivity contribution < 1.29 is 19.7 Å². The fourth-order valence-electron chi connectivity index (χ4n) is 11.5. The van der Waals surface area contributed by atoms with Crippen molar-refractivity contribution in [2.75, 3.05) is 20.8 Å². The lowest BCUT2D eigenvalue weighted by Crippen LogP contribution is -2.67. The van der Waals surface area contributed by atoms with E-state index in [0.717, 1.165) is 32.1 Å². The molecule has 2 N–H and O–H groups in total. The molecule has 36 heavy (non-hydrogen) atoms. The molecule has 0 radical (unpaired) electrons. The zero-order valence-corrected chi connectivity index (χ0v) is 24.6. The van der Waals surface area contributed by atoms with E-state index in [1.54, 1.807) is 5.57 Å². The molecule has 0 heterocycles. The summed E-state index contributed by atoms with van der Waals surface area (Å²) in [4.78, 5) is 0. The minimum absolute atomic E-state index is 0.0581. The van der Waals surface area contributed by atoms with E-state index >= 15 is 0 Å². The maximum Gasteiger partial charge on any atom is 0.0897 e. The highest BCUT2D eigenvalue weighted by Gasteiger charge is 2.70. The van der Waals surface area contributed by atoms with Crippen LogP contribution in [0.2, 0.25) is 0 Å². The number of aliphatic hydroxyl groups is 2. The van der Waals surface area contributed by atoms with Crippen molar-refractivity contribution in [1.29, 1.82) is 0 Å². The molecule has 0 amide bonds. The van der Waals surface area contributed by atoms with Crippen LogP contribution in [0.3, 0.4) is 0 Å². The molecule has 206 valence electrons. The lowest BCUT2D eigenvalue weighted by atomic mass is 9.33. The molecule has 11 atom stereocenters. The number of allylic oxidation sites excluding steroid dienone is 2. The minimum atomic E-state index is -0.394. The van der Waals surface area contributed by atoms with Crippen LogP contribution in [0.5, 0.6) is 0 Å². The second-order valence-corrected chi connectivity index (χ2v) is 15.6. The van der Waals surface area contributed by atoms with E-state index in [0.29, 0.717) is 17.8 Å². The Morgan fingerprint density at radius 3 is 2.11 bits per heavy atom. The van der Waals surface area contributed by atoms with Gasteiger partial charge in [0.05, 0.1) is 24.9 Å². The Balaban J connectivity index is 1.58. The monoisotopic (exact) mass is 502 g/mol. The second kappa shape index (κ2) is 8.29. The van der Waals surface area contributed by atoms with Gasteiger partial charge in [-0.25, -0.2) is 0 Å². The van der Waals surface area contributed by atoms with Gasteiger partial charge in [-0.2, -0.15) is 0 Å². The smallest absolute Gasteiger partial charge is 0.0897 e. The van der Waals surface area contributed by atoms with E-state index in [2.05, 4.69) is 54.5 Å². The first-order valence-electron chi connectivity index (χ1n) is 14.7. The molecule has 4 heteroatoms. The molecular formula is C32H54O4. The van der Waals surface area contributed by atoms with Crippen molar-refractivity contribution in [2.24, 2.45) is 50.2 Å². The average molecular weight is 503 g/mol. The van der Waals surface area contributed by atoms with Crippen LogP contribution in [0.4, 0.5) is 0 Å². The van der Waals surface area contributed by atoms with Gasteiger partial charge in [0, 0.05) is 25.0 Å². The van der Waals surface area contributed by atoms with Gasteiger partial charge in [-0.3, -0.25) is 0 Å². The summed E-state index contributed by atoms with van der Waals surface area (Å²) in [6, 6.07) is 0. The van der Waals surface area contributed by atoms with Gasteiger partial charge in [-0.15, -0.1) is 0 Å². The molecule has 4 fully saturated rings. The van der Waals surface area contributed by atoms with Crippen LogP contribution >= 0.6 is 0 Å². The molecule has 0 aromatic rings. The zero-order valence-electron chi connectivity index (χ0n) is 24.6. The third-order valence-electron chi connectivity index (χ3n) is 13.9. The van der Waals surface area contributed by atoms with E-state index in [-0.39, 0.29) is 45.9 Å². The van der Waals surface area contributed by atoms with Crippen LogP contribution in [0, 0.1) is 50.2 Å². The molecule has 2 unspecified atom stereocenters. The van der Waals surface area contributed by atoms with Crippen LogP contribution in [0.15, 0.2) is 11.6 Å². The summed E-state index contributed by atoms with van der Waals surface area (Å²) in [5.74, 6) is 1.47. The number of fused-ring (bicyclic) bond motifs is 7. The lowest BCUT2D eigenvalue weighted by molar-refractivity contribution is -0.231. The predicted octanol–water partition coefficient (Wildman–Crippen LogP) is 6.39. The number of methoxy groups -OCH3 is 2. The highest BCUT2D eigenvalue weighted by Crippen LogP contribution is 2.75. The standard InChI is InChI=1S/C32H54O4/c1-27(2)18-21-20-10-11-23-29(4)14-13-24(34)30(5,19-33)22(29)12-15-32(23,7)31(20,6)17-16-28(21,3)26(36-9)25(27)35-8/h10,21-26,33-34H,11-19H2,1-9H3/t21-,22?,23?,24-,25-,26+,28+,29-,30+,31+,32+/m0/s1. The first-order valence-corrected chi connectivity index (χ1v) is 14.7. The Morgan fingerprint density at radius 2 is 1.50 bits per heavy atom. The second-order valence-electron chi connectivity index (χ2n) is 15.6. The summed E-state index contributed by atoms with van der Waals surface area (Å²) in [7, 11) is 3.75. The first kappa shape index (κ1) is 27.2. The summed E-state index contributed by atoms with van der Waals surface area (Å²) in [6.45, 7) is 17.2. The Morgan fingerprint density at radius 1 is 0.833 bits per heavy atom. The largest absolute Gasteiger partial charge is 0.396 e. The normalized spacial score (nSPS) is 56.0. The topological polar surface area (TPSA) is 58.9 Å². The fraction of sp³-hybridized carbons (Fsp3) is 0.938. The van der Waals surface area contributed by atoms with Crippen molar-refractivity contribution in [3.8, 4) is 0 Å². The molecule has 0 aromatic heterocycles. The Bertz CT molecular complexity index is 912. The summed E-state index contributed by atoms with van der Waals surface area (Å²) < 4.78 is 12.4. The van der Waals surface area contributed by atoms with Gasteiger partial charge in [-0.1, -0.05) is 60.1 Å². The maximum atomic E-state index is 11.0. The van der Waals surface area contributed by atoms with Gasteiger partial charge in [0.1, 0.15) is 0 Å². The molecule has 5 aliphatic rings. The van der Waals surface area contributed by atoms with Crippen LogP contribution in [-0.4, -0.2) is 49.4 Å². The highest BCUT2D eigenvalue weighted by molar-refractivity contribution is 5.34. The van der Waals surface area contributed by atoms with Gasteiger partial charge in [0.2, 0.25) is 0 Å². The third kappa shape index (κ3) is 3.14. The summed E-state index contributed by atoms with van der Waals surface area (Å²) in [5, 5.41) is 21.5. The van der Waals surface area contributed by atoms with Gasteiger partial charge < -0.3 is 19.7 Å². The summed E-state index contributed by atoms with van der Waals surface area (Å²) in [6.07, 6.45) is 11.3. The highest BCUT2D eigenvalue weighted by atomic mass is 16.5. The molecule has 4 nitrogen and oxygen atoms in total. The first-order chi connectivity index (χ1) is 16.7. The average Bonchev–Trinajstić information content (AvgIpc) is 2.82. The summed E-state index contributed by atoms with van der Waals surface area (Å²) >= 11 is 0. The van der Waals surface area contributed by atoms with Gasteiger partial charge in [-0.05, 0) is 90.8 Å². The predicted molar refractivity (Wildman–Crippen MR) is 144 cm³/mol. The molecule has 0 spiro atoms. The van der Waals surface area contributed by atoms with E-state index in [9.17, 15) is 10.2 Å². The van der Waals surface area contributed by atoms with Crippen LogP contribution in [-0.2, 0) is 9.47 Å². The maximum absolute atomic E-state index is 11.0. The summed E-state index contributed by atoms with van der Waals surface area (Å²) in [5.41, 5.74) is 2.02. The molecule has 5 rings (SSSR count). The molecule has 0 saturated heterocycles. The molecule has 5 aliphatic carbocycles. The minimum Gasteiger partial charge on any atom is -0.396 e. The van der Waals surface area contributed by atoms with E-state index in [4.69, 9.17) is 9.47 Å². The third-order valence-corrected chi connectivity index (χ3v) is 13.9. The molecule has 4 saturated carbocycles. The molecule has 0 aromatic carbocycles. The van der Waals surface area contributed by atoms with E-state index in [1.165, 1.54) is 19.3 Å². The Labute approximate surface area is 220 Å². The SMILES string of the molecule is CO[C@@H]1[C@H](OC)C(C)(C)C[C@H]2C3=CCC4[C@@]5(C)CC[C@H](O)[C@](C)(CO)C5CC[C@@]4(C)[C@]3(C)CC[C@@]12C. The van der Waals surface area contributed by atoms with Crippen LogP contribution in [0.1, 0.15) is 99.8 Å². The number of rotatable bonds is 3. The Kier molecular flexibility index (Phi) is 6.25. The number of aliphatic hydroxyl groups excluding tert-OH is 2.